The fourth-order valence-corrected chi connectivity index (χ4v) is 10.4. The lowest BCUT2D eigenvalue weighted by atomic mass is 9.96. The summed E-state index contributed by atoms with van der Waals surface area (Å²) in [6, 6.07) is -6.73. The molecule has 0 aliphatic carbocycles. The third-order valence-corrected chi connectivity index (χ3v) is 16.1. The van der Waals surface area contributed by atoms with Crippen LogP contribution < -0.4 is 93.3 Å². The van der Waals surface area contributed by atoms with Gasteiger partial charge in [0.25, 0.3) is 0 Å². The number of nitrogens with one attached hydrogen (secondary N) is 10. The Labute approximate surface area is 581 Å². The van der Waals surface area contributed by atoms with Gasteiger partial charge >= 0.3 is 11.9 Å². The van der Waals surface area contributed by atoms with E-state index in [-0.39, 0.29) is 108 Å². The van der Waals surface area contributed by atoms with E-state index < -0.39 is 169 Å². The zero-order valence-corrected chi connectivity index (χ0v) is 59.0. The quantitative estimate of drug-likeness (QED) is 0.0188. The molecule has 0 bridgehead atoms. The van der Waals surface area contributed by atoms with Gasteiger partial charge in [0.1, 0.15) is 60.4 Å². The van der Waals surface area contributed by atoms with Gasteiger partial charge in [-0.2, -0.15) is 0 Å². The number of rotatable bonds is 52. The van der Waals surface area contributed by atoms with Crippen molar-refractivity contribution < 1.29 is 72.5 Å². The molecule has 0 radical (unpaired) electrons. The van der Waals surface area contributed by atoms with E-state index in [9.17, 15) is 72.5 Å². The second-order valence-corrected chi connectivity index (χ2v) is 26.4. The Morgan fingerprint density at radius 2 is 0.788 bits per heavy atom. The minimum absolute atomic E-state index is 0.0363. The van der Waals surface area contributed by atoms with E-state index in [4.69, 9.17) is 40.1 Å². The molecule has 0 spiro atoms. The molecule has 0 fully saturated rings. The molecule has 0 aliphatic heterocycles. The van der Waals surface area contributed by atoms with E-state index in [0.29, 0.717) is 50.6 Å². The fraction of sp³-hybridized carbons (Fsp3) is 0.697. The van der Waals surface area contributed by atoms with Crippen LogP contribution in [0.5, 0.6) is 0 Å². The van der Waals surface area contributed by atoms with E-state index in [2.05, 4.69) is 58.2 Å². The van der Waals surface area contributed by atoms with E-state index in [1.165, 1.54) is 0 Å². The van der Waals surface area contributed by atoms with Crippen molar-refractivity contribution in [2.45, 2.75) is 244 Å². The summed E-state index contributed by atoms with van der Waals surface area (Å²) in [7, 11) is 0. The summed E-state index contributed by atoms with van der Waals surface area (Å²) in [5.41, 5.74) is 40.4. The average molecular weight is 1400 g/mol. The molecule has 33 heteroatoms. The van der Waals surface area contributed by atoms with Gasteiger partial charge < -0.3 is 104 Å². The highest BCUT2D eigenvalue weighted by Crippen LogP contribution is 2.16. The maximum Gasteiger partial charge on any atom is 0.326 e. The van der Waals surface area contributed by atoms with Crippen molar-refractivity contribution in [2.75, 3.05) is 26.2 Å². The Morgan fingerprint density at radius 1 is 0.424 bits per heavy atom. The van der Waals surface area contributed by atoms with Crippen LogP contribution in [0, 0.1) is 23.7 Å². The lowest BCUT2D eigenvalue weighted by molar-refractivity contribution is -0.142. The molecule has 1 aromatic carbocycles. The number of aliphatic carboxylic acids is 2. The smallest absolute Gasteiger partial charge is 0.326 e. The zero-order valence-electron chi connectivity index (χ0n) is 59.0. The number of primary amides is 1. The number of unbranched alkanes of at least 4 members (excludes halogenated alkanes) is 3. The Hall–Kier alpha value is -8.56. The van der Waals surface area contributed by atoms with Crippen LogP contribution in [0.4, 0.5) is 0 Å². The monoisotopic (exact) mass is 1400 g/mol. The van der Waals surface area contributed by atoms with Gasteiger partial charge in [-0.3, -0.25) is 62.5 Å². The number of nitrogens with two attached hydrogens (primary N) is 7. The molecule has 26 N–H and O–H groups in total. The highest BCUT2D eigenvalue weighted by Gasteiger charge is 2.38. The van der Waals surface area contributed by atoms with Crippen LogP contribution in [0.15, 0.2) is 35.3 Å². The summed E-state index contributed by atoms with van der Waals surface area (Å²) in [5, 5.41) is 45.9. The van der Waals surface area contributed by atoms with Gasteiger partial charge in [-0.05, 0) is 145 Å². The minimum Gasteiger partial charge on any atom is -0.481 e. The number of hydrogen-bond acceptors (Lipinski definition) is 18. The molecule has 0 saturated heterocycles. The van der Waals surface area contributed by atoms with Crippen LogP contribution in [-0.2, 0) is 68.7 Å². The third-order valence-electron chi connectivity index (χ3n) is 16.1. The number of carboxylic acid groups (broad SMARTS) is 2. The van der Waals surface area contributed by atoms with Crippen LogP contribution >= 0.6 is 0 Å². The van der Waals surface area contributed by atoms with Crippen molar-refractivity contribution in [3.8, 4) is 0 Å². The molecule has 99 heavy (non-hydrogen) atoms. The molecule has 0 aromatic heterocycles. The zero-order chi connectivity index (χ0) is 74.9. The Morgan fingerprint density at radius 3 is 1.18 bits per heavy atom. The molecule has 0 unspecified atom stereocenters. The summed E-state index contributed by atoms with van der Waals surface area (Å²) in [5.74, 6) is -13.8. The molecular weight excluding hydrogens is 1280 g/mol. The lowest BCUT2D eigenvalue weighted by Crippen LogP contribution is -2.61. The van der Waals surface area contributed by atoms with Gasteiger partial charge in [0, 0.05) is 19.4 Å². The lowest BCUT2D eigenvalue weighted by Gasteiger charge is -2.29. The standard InChI is InChI=1S/C66H116N18O15/c1-9-40(8)54(84-55(88)42(70)22-19-31-74-66(72)73)64(97)83-49(34-39(6)7)60(93)75-43(23-13-16-28-67)56(89)77-45(26-27-53(86)87)58(91)79-47(32-37(2)3)59(92)76-44(24-14-17-29-68)57(90)82-51(36-52(71)85)63(96)80-48(33-38(4)5)61(94)81-50(35-41-20-11-10-12-21-41)62(95)78-46(65(98)99)25-15-18-30-69/h10-12,20-21,37-40,42-51,54H,9,13-19,22-36,67-70H2,1-8H3,(H2,71,85)(H,75,93)(H,76,92)(H,77,89)(H,78,95)(H,79,91)(H,80,96)(H,81,94)(H,82,90)(H,83,97)(H,84,88)(H,86,87)(H,98,99)(H4,72,73,74)/t40-,42-,43-,44-,45-,46-,47-,48-,49-,50-,51-,54+/m0/s1. The summed E-state index contributed by atoms with van der Waals surface area (Å²) in [6.07, 6.45) is 0.927. The number of benzene rings is 1. The third kappa shape index (κ3) is 36.7. The summed E-state index contributed by atoms with van der Waals surface area (Å²) < 4.78 is 0. The van der Waals surface area contributed by atoms with E-state index in [1.807, 2.05) is 6.92 Å². The predicted octanol–water partition coefficient (Wildman–Crippen LogP) is -2.15. The van der Waals surface area contributed by atoms with Gasteiger partial charge in [-0.1, -0.05) is 92.1 Å². The Bertz CT molecular complexity index is 2770. The molecule has 12 atom stereocenters. The predicted molar refractivity (Wildman–Crippen MR) is 372 cm³/mol. The molecule has 33 nitrogen and oxygen atoms in total. The molecule has 1 aromatic rings. The van der Waals surface area contributed by atoms with Crippen molar-refractivity contribution in [1.29, 1.82) is 0 Å². The number of carboxylic acids is 2. The number of hydrogen-bond donors (Lipinski definition) is 19. The van der Waals surface area contributed by atoms with Crippen molar-refractivity contribution in [3.63, 3.8) is 0 Å². The van der Waals surface area contributed by atoms with Crippen molar-refractivity contribution in [3.05, 3.63) is 35.9 Å². The topological polar surface area (TPSA) is 577 Å². The van der Waals surface area contributed by atoms with E-state index >= 15 is 0 Å². The first-order chi connectivity index (χ1) is 46.7. The second-order valence-electron chi connectivity index (χ2n) is 26.4. The van der Waals surface area contributed by atoms with E-state index in [0.717, 1.165) is 0 Å². The Balaban J connectivity index is 3.67. The molecule has 560 valence electrons. The van der Waals surface area contributed by atoms with E-state index in [1.54, 1.807) is 78.8 Å². The molecule has 0 heterocycles. The maximum atomic E-state index is 14.5. The summed E-state index contributed by atoms with van der Waals surface area (Å²) >= 11 is 0. The molecule has 0 aliphatic rings. The highest BCUT2D eigenvalue weighted by molar-refractivity contribution is 6.00. The average Bonchev–Trinajstić information content (AvgIpc) is 0.867. The van der Waals surface area contributed by atoms with Crippen LogP contribution in [0.2, 0.25) is 0 Å². The van der Waals surface area contributed by atoms with Crippen molar-refractivity contribution in [2.24, 2.45) is 68.8 Å². The summed E-state index contributed by atoms with van der Waals surface area (Å²) in [4.78, 5) is 183. The van der Waals surface area contributed by atoms with Crippen LogP contribution in [0.3, 0.4) is 0 Å². The van der Waals surface area contributed by atoms with Crippen molar-refractivity contribution in [1.82, 2.24) is 53.2 Å². The number of amides is 11. The maximum absolute atomic E-state index is 14.5. The molecular formula is C66H116N18O15. The fourth-order valence-electron chi connectivity index (χ4n) is 10.4. The largest absolute Gasteiger partial charge is 0.481 e. The summed E-state index contributed by atoms with van der Waals surface area (Å²) in [6.45, 7) is 15.0. The van der Waals surface area contributed by atoms with Gasteiger partial charge in [0.15, 0.2) is 5.96 Å². The highest BCUT2D eigenvalue weighted by atomic mass is 16.4. The number of nitrogens with zero attached hydrogens (tertiary/aromatic N) is 1. The molecule has 11 amide bonds. The van der Waals surface area contributed by atoms with Crippen LogP contribution in [-0.4, -0.2) is 186 Å². The number of aliphatic imine (C=N–C) groups is 1. The number of carbonyl (C=O) groups excluding carboxylic acids is 11. The number of guanidine groups is 1. The number of carbonyl (C=O) groups is 13. The van der Waals surface area contributed by atoms with Crippen LogP contribution in [0.25, 0.3) is 0 Å². The molecule has 1 rings (SSSR count). The van der Waals surface area contributed by atoms with Gasteiger partial charge in [0.05, 0.1) is 12.5 Å². The van der Waals surface area contributed by atoms with Gasteiger partial charge in [0.2, 0.25) is 65.0 Å². The van der Waals surface area contributed by atoms with Crippen LogP contribution in [0.1, 0.15) is 177 Å². The minimum atomic E-state index is -1.76. The van der Waals surface area contributed by atoms with Gasteiger partial charge in [-0.15, -0.1) is 0 Å². The Kier molecular flexibility index (Phi) is 43.1. The first-order valence-electron chi connectivity index (χ1n) is 34.4. The normalized spacial score (nSPS) is 14.9. The second kappa shape index (κ2) is 48.2. The molecule has 0 saturated carbocycles. The first kappa shape index (κ1) is 88.5. The van der Waals surface area contributed by atoms with Crippen molar-refractivity contribution >= 4 is 82.9 Å². The SMILES string of the molecule is CC[C@H](C)[C@@H](NC(=O)[C@@H](N)CCCN=C(N)N)C(=O)N[C@@H](CC(C)C)C(=O)N[C@@H](CCCCN)C(=O)N[C@@H](CCC(=O)O)C(=O)N[C@@H](CC(C)C)C(=O)N[C@@H](CCCCN)C(=O)N[C@@H](CC(N)=O)C(=O)N[C@@H](CC(C)C)C(=O)N[C@@H](Cc1ccccc1)C(=O)N[C@@H](CCCCN)C(=O)O. The first-order valence-corrected chi connectivity index (χ1v) is 34.4. The van der Waals surface area contributed by atoms with Gasteiger partial charge in [-0.25, -0.2) is 4.79 Å².